The highest BCUT2D eigenvalue weighted by Crippen LogP contribution is 2.22. The zero-order valence-corrected chi connectivity index (χ0v) is 14.8. The minimum atomic E-state index is -0.252. The summed E-state index contributed by atoms with van der Waals surface area (Å²) in [5, 5.41) is 5.62. The van der Waals surface area contributed by atoms with Gasteiger partial charge in [-0.2, -0.15) is 0 Å². The van der Waals surface area contributed by atoms with Gasteiger partial charge in [0.25, 0.3) is 5.91 Å². The molecule has 0 saturated carbocycles. The molecule has 0 atom stereocenters. The van der Waals surface area contributed by atoms with Crippen LogP contribution in [0.2, 0.25) is 0 Å². The van der Waals surface area contributed by atoms with Crippen molar-refractivity contribution >= 4 is 23.2 Å². The number of carbonyl (C=O) groups excluding carboxylic acids is 2. The normalized spacial score (nSPS) is 10.4. The summed E-state index contributed by atoms with van der Waals surface area (Å²) in [7, 11) is 0. The van der Waals surface area contributed by atoms with Crippen molar-refractivity contribution in [3.63, 3.8) is 0 Å². The molecule has 0 unspecified atom stereocenters. The number of benzene rings is 2. The predicted molar refractivity (Wildman–Crippen MR) is 100 cm³/mol. The molecule has 0 aliphatic heterocycles. The number of anilines is 2. The summed E-state index contributed by atoms with van der Waals surface area (Å²) in [5.74, 6) is 0.605. The average molecular weight is 340 g/mol. The third kappa shape index (κ3) is 5.64. The van der Waals surface area contributed by atoms with E-state index in [1.807, 2.05) is 6.07 Å². The first-order valence-corrected chi connectivity index (χ1v) is 8.42. The van der Waals surface area contributed by atoms with Crippen molar-refractivity contribution < 1.29 is 14.3 Å². The second-order valence-electron chi connectivity index (χ2n) is 6.14. The number of hydrogen-bond acceptors (Lipinski definition) is 3. The number of ether oxygens (including phenoxy) is 1. The number of nitrogens with one attached hydrogen (secondary N) is 2. The third-order valence-corrected chi connectivity index (χ3v) is 3.43. The highest BCUT2D eigenvalue weighted by atomic mass is 16.5. The summed E-state index contributed by atoms with van der Waals surface area (Å²) in [6, 6.07) is 14.2. The smallest absolute Gasteiger partial charge is 0.259 e. The monoisotopic (exact) mass is 340 g/mol. The van der Waals surface area contributed by atoms with Crippen molar-refractivity contribution in [3.05, 3.63) is 54.1 Å². The first-order valence-electron chi connectivity index (χ1n) is 8.42. The second-order valence-corrected chi connectivity index (χ2v) is 6.14. The van der Waals surface area contributed by atoms with Crippen LogP contribution in [0.1, 0.15) is 37.6 Å². The molecular formula is C20H24N2O3. The van der Waals surface area contributed by atoms with Crippen molar-refractivity contribution in [1.29, 1.82) is 0 Å². The minimum Gasteiger partial charge on any atom is -0.492 e. The Morgan fingerprint density at radius 1 is 1.00 bits per heavy atom. The summed E-state index contributed by atoms with van der Waals surface area (Å²) in [5.41, 5.74) is 1.73. The van der Waals surface area contributed by atoms with Gasteiger partial charge in [0.15, 0.2) is 0 Å². The van der Waals surface area contributed by atoms with E-state index in [1.165, 1.54) is 0 Å². The standard InChI is InChI=1S/C20H24N2O3/c1-4-19(23)21-15-8-7-9-16(12-15)22-20(24)17-10-5-6-11-18(17)25-13-14(2)3/h5-12,14H,4,13H2,1-3H3,(H,21,23)(H,22,24). The van der Waals surface area contributed by atoms with Crippen LogP contribution in [0, 0.1) is 5.92 Å². The zero-order valence-electron chi connectivity index (χ0n) is 14.8. The van der Waals surface area contributed by atoms with Gasteiger partial charge < -0.3 is 15.4 Å². The molecule has 5 heteroatoms. The Balaban J connectivity index is 2.12. The molecule has 0 bridgehead atoms. The van der Waals surface area contributed by atoms with E-state index in [-0.39, 0.29) is 11.8 Å². The van der Waals surface area contributed by atoms with Gasteiger partial charge in [-0.3, -0.25) is 9.59 Å². The Labute approximate surface area is 148 Å². The molecule has 5 nitrogen and oxygen atoms in total. The van der Waals surface area contributed by atoms with Crippen LogP contribution in [0.4, 0.5) is 11.4 Å². The number of amides is 2. The van der Waals surface area contributed by atoms with Gasteiger partial charge in [-0.15, -0.1) is 0 Å². The fraction of sp³-hybridized carbons (Fsp3) is 0.300. The SMILES string of the molecule is CCC(=O)Nc1cccc(NC(=O)c2ccccc2OCC(C)C)c1. The Kier molecular flexibility index (Phi) is 6.57. The van der Waals surface area contributed by atoms with Crippen molar-refractivity contribution in [3.8, 4) is 5.75 Å². The molecule has 132 valence electrons. The molecule has 0 fully saturated rings. The van der Waals surface area contributed by atoms with Gasteiger partial charge in [0, 0.05) is 17.8 Å². The van der Waals surface area contributed by atoms with Gasteiger partial charge in [0.1, 0.15) is 5.75 Å². The molecule has 2 N–H and O–H groups in total. The highest BCUT2D eigenvalue weighted by Gasteiger charge is 2.13. The molecule has 0 spiro atoms. The van der Waals surface area contributed by atoms with Gasteiger partial charge in [-0.1, -0.05) is 39.0 Å². The molecule has 2 aromatic carbocycles. The van der Waals surface area contributed by atoms with E-state index in [1.54, 1.807) is 49.4 Å². The average Bonchev–Trinajstić information content (AvgIpc) is 2.60. The number of carbonyl (C=O) groups is 2. The van der Waals surface area contributed by atoms with E-state index in [9.17, 15) is 9.59 Å². The van der Waals surface area contributed by atoms with E-state index < -0.39 is 0 Å². The predicted octanol–water partition coefficient (Wildman–Crippen LogP) is 4.32. The number of hydrogen-bond donors (Lipinski definition) is 2. The summed E-state index contributed by atoms with van der Waals surface area (Å²) in [6.07, 6.45) is 0.400. The maximum Gasteiger partial charge on any atom is 0.259 e. The Bertz CT molecular complexity index is 741. The van der Waals surface area contributed by atoms with Gasteiger partial charge >= 0.3 is 0 Å². The highest BCUT2D eigenvalue weighted by molar-refractivity contribution is 6.06. The summed E-state index contributed by atoms with van der Waals surface area (Å²) in [4.78, 5) is 24.1. The fourth-order valence-corrected chi connectivity index (χ4v) is 2.16. The molecule has 25 heavy (non-hydrogen) atoms. The van der Waals surface area contributed by atoms with E-state index in [0.717, 1.165) is 0 Å². The summed E-state index contributed by atoms with van der Waals surface area (Å²) < 4.78 is 5.73. The largest absolute Gasteiger partial charge is 0.492 e. The first kappa shape index (κ1) is 18.5. The maximum absolute atomic E-state index is 12.6. The molecule has 2 amide bonds. The van der Waals surface area contributed by atoms with Crippen LogP contribution in [0.15, 0.2) is 48.5 Å². The van der Waals surface area contributed by atoms with Gasteiger partial charge in [-0.25, -0.2) is 0 Å². The summed E-state index contributed by atoms with van der Waals surface area (Å²) in [6.45, 7) is 6.44. The molecule has 0 aliphatic carbocycles. The lowest BCUT2D eigenvalue weighted by Crippen LogP contribution is -2.15. The third-order valence-electron chi connectivity index (χ3n) is 3.43. The first-order chi connectivity index (χ1) is 12.0. The Morgan fingerprint density at radius 3 is 2.36 bits per heavy atom. The number of rotatable bonds is 7. The Morgan fingerprint density at radius 2 is 1.68 bits per heavy atom. The van der Waals surface area contributed by atoms with Gasteiger partial charge in [0.05, 0.1) is 12.2 Å². The second kappa shape index (κ2) is 8.87. The molecule has 0 saturated heterocycles. The molecule has 0 aromatic heterocycles. The zero-order chi connectivity index (χ0) is 18.2. The van der Waals surface area contributed by atoms with Gasteiger partial charge in [-0.05, 0) is 36.2 Å². The number of para-hydroxylation sites is 1. The molecule has 0 aliphatic rings. The van der Waals surface area contributed by atoms with Crippen LogP contribution in [0.3, 0.4) is 0 Å². The van der Waals surface area contributed by atoms with Crippen LogP contribution < -0.4 is 15.4 Å². The van der Waals surface area contributed by atoms with E-state index in [2.05, 4.69) is 24.5 Å². The van der Waals surface area contributed by atoms with Crippen molar-refractivity contribution in [2.45, 2.75) is 27.2 Å². The molecule has 0 heterocycles. The van der Waals surface area contributed by atoms with Crippen LogP contribution in [0.5, 0.6) is 5.75 Å². The van der Waals surface area contributed by atoms with Crippen LogP contribution in [-0.4, -0.2) is 18.4 Å². The lowest BCUT2D eigenvalue weighted by atomic mass is 10.1. The molecule has 2 aromatic rings. The van der Waals surface area contributed by atoms with Crippen LogP contribution in [0.25, 0.3) is 0 Å². The van der Waals surface area contributed by atoms with Crippen LogP contribution >= 0.6 is 0 Å². The van der Waals surface area contributed by atoms with Gasteiger partial charge in [0.2, 0.25) is 5.91 Å². The lowest BCUT2D eigenvalue weighted by molar-refractivity contribution is -0.115. The lowest BCUT2D eigenvalue weighted by Gasteiger charge is -2.13. The molecule has 0 radical (unpaired) electrons. The molecule has 2 rings (SSSR count). The molecular weight excluding hydrogens is 316 g/mol. The Hall–Kier alpha value is -2.82. The summed E-state index contributed by atoms with van der Waals surface area (Å²) >= 11 is 0. The minimum absolute atomic E-state index is 0.0732. The van der Waals surface area contributed by atoms with Crippen molar-refractivity contribution in [1.82, 2.24) is 0 Å². The maximum atomic E-state index is 12.6. The van der Waals surface area contributed by atoms with Crippen molar-refractivity contribution in [2.24, 2.45) is 5.92 Å². The van der Waals surface area contributed by atoms with E-state index in [4.69, 9.17) is 4.74 Å². The topological polar surface area (TPSA) is 67.4 Å². The van der Waals surface area contributed by atoms with E-state index >= 15 is 0 Å². The van der Waals surface area contributed by atoms with E-state index in [0.29, 0.717) is 41.6 Å². The van der Waals surface area contributed by atoms with Crippen LogP contribution in [-0.2, 0) is 4.79 Å². The quantitative estimate of drug-likeness (QED) is 0.788. The fourth-order valence-electron chi connectivity index (χ4n) is 2.16. The van der Waals surface area contributed by atoms with Crippen molar-refractivity contribution in [2.75, 3.05) is 17.2 Å².